The Labute approximate surface area is 200 Å². The van der Waals surface area contributed by atoms with E-state index >= 15 is 0 Å². The number of aromatic hydroxyl groups is 1. The van der Waals surface area contributed by atoms with Crippen LogP contribution in [0, 0.1) is 22.7 Å². The second-order valence-corrected chi connectivity index (χ2v) is 8.20. The molecule has 6 nitrogen and oxygen atoms in total. The van der Waals surface area contributed by atoms with E-state index in [1.54, 1.807) is 24.3 Å². The average molecular weight is 451 g/mol. The number of phenols is 1. The Morgan fingerprint density at radius 3 is 1.63 bits per heavy atom. The van der Waals surface area contributed by atoms with Crippen LogP contribution >= 0.6 is 0 Å². The topological polar surface area (TPSA) is 112 Å². The molecule has 3 N–H and O–H groups in total. The van der Waals surface area contributed by atoms with Crippen molar-refractivity contribution in [3.63, 3.8) is 0 Å². The average Bonchev–Trinajstić information content (AvgIpc) is 3.52. The Balaban J connectivity index is 1.77. The molecule has 0 spiro atoms. The van der Waals surface area contributed by atoms with E-state index in [9.17, 15) is 15.6 Å². The monoisotopic (exact) mass is 451 g/mol. The number of nitrogens with zero attached hydrogens (tertiary/aromatic N) is 3. The van der Waals surface area contributed by atoms with Gasteiger partial charge < -0.3 is 15.1 Å². The second kappa shape index (κ2) is 7.91. The molecule has 0 unspecified atom stereocenters. The first kappa shape index (κ1) is 20.3. The summed E-state index contributed by atoms with van der Waals surface area (Å²) in [6.45, 7) is 0. The van der Waals surface area contributed by atoms with Crippen molar-refractivity contribution in [2.75, 3.05) is 0 Å². The van der Waals surface area contributed by atoms with Crippen LogP contribution < -0.4 is 0 Å². The van der Waals surface area contributed by atoms with Crippen molar-refractivity contribution in [3.8, 4) is 51.5 Å². The van der Waals surface area contributed by atoms with Crippen LogP contribution in [0.5, 0.6) is 5.75 Å². The van der Waals surface area contributed by atoms with Crippen LogP contribution in [0.3, 0.4) is 0 Å². The minimum atomic E-state index is 0.105. The van der Waals surface area contributed by atoms with Gasteiger partial charge in [-0.1, -0.05) is 48.5 Å². The molecule has 3 aromatic carbocycles. The molecule has 0 amide bonds. The molecular weight excluding hydrogens is 434 g/mol. The number of hydrogen-bond acceptors (Lipinski definition) is 4. The molecule has 0 bridgehead atoms. The molecule has 0 radical (unpaired) electrons. The smallest absolute Gasteiger partial charge is 0.115 e. The zero-order valence-electron chi connectivity index (χ0n) is 18.4. The van der Waals surface area contributed by atoms with Crippen molar-refractivity contribution in [3.05, 3.63) is 96.3 Å². The summed E-state index contributed by atoms with van der Waals surface area (Å²) in [5, 5.41) is 32.4. The first-order valence-corrected chi connectivity index (χ1v) is 11.0. The number of hydrogen-bond donors (Lipinski definition) is 3. The largest absolute Gasteiger partial charge is 0.508 e. The molecule has 6 rings (SSSR count). The van der Waals surface area contributed by atoms with Crippen LogP contribution in [-0.4, -0.2) is 20.1 Å². The summed E-state index contributed by atoms with van der Waals surface area (Å²) in [4.78, 5) is 11.5. The Kier molecular flexibility index (Phi) is 4.59. The van der Waals surface area contributed by atoms with Gasteiger partial charge in [0.2, 0.25) is 0 Å². The number of benzene rings is 3. The molecule has 3 aromatic heterocycles. The molecule has 0 saturated carbocycles. The lowest BCUT2D eigenvalue weighted by Crippen LogP contribution is -2.01. The quantitative estimate of drug-likeness (QED) is 0.285. The molecule has 0 fully saturated rings. The highest BCUT2D eigenvalue weighted by Crippen LogP contribution is 2.41. The zero-order valence-corrected chi connectivity index (χ0v) is 18.4. The van der Waals surface area contributed by atoms with E-state index in [4.69, 9.17) is 4.98 Å². The van der Waals surface area contributed by atoms with Crippen molar-refractivity contribution < 1.29 is 5.11 Å². The number of aromatic amines is 2. The van der Waals surface area contributed by atoms with E-state index in [0.29, 0.717) is 33.6 Å². The van der Waals surface area contributed by atoms with Gasteiger partial charge in [-0.25, -0.2) is 4.98 Å². The molecule has 0 aliphatic carbocycles. The van der Waals surface area contributed by atoms with E-state index in [2.05, 4.69) is 22.1 Å². The van der Waals surface area contributed by atoms with Crippen LogP contribution in [0.25, 0.3) is 55.4 Å². The summed E-state index contributed by atoms with van der Waals surface area (Å²) >= 11 is 0. The molecule has 0 saturated heterocycles. The van der Waals surface area contributed by atoms with E-state index in [1.807, 2.05) is 60.9 Å². The second-order valence-electron chi connectivity index (χ2n) is 8.20. The number of pyridine rings is 1. The summed E-state index contributed by atoms with van der Waals surface area (Å²) in [7, 11) is 0. The van der Waals surface area contributed by atoms with Gasteiger partial charge in [0.25, 0.3) is 0 Å². The number of rotatable bonds is 3. The highest BCUT2D eigenvalue weighted by Gasteiger charge is 2.25. The molecule has 6 aromatic rings. The van der Waals surface area contributed by atoms with Crippen LogP contribution in [0.4, 0.5) is 0 Å². The molecule has 6 heteroatoms. The van der Waals surface area contributed by atoms with Gasteiger partial charge in [0.15, 0.2) is 0 Å². The molecule has 0 aliphatic heterocycles. The summed E-state index contributed by atoms with van der Waals surface area (Å²) < 4.78 is 0. The van der Waals surface area contributed by atoms with E-state index < -0.39 is 0 Å². The maximum absolute atomic E-state index is 10.3. The minimum absolute atomic E-state index is 0.105. The predicted octanol–water partition coefficient (Wildman–Crippen LogP) is 6.49. The predicted molar refractivity (Wildman–Crippen MR) is 135 cm³/mol. The van der Waals surface area contributed by atoms with Crippen molar-refractivity contribution in [1.29, 1.82) is 10.5 Å². The molecule has 164 valence electrons. The lowest BCUT2D eigenvalue weighted by molar-refractivity contribution is 0.475. The molecule has 35 heavy (non-hydrogen) atoms. The molecule has 0 atom stereocenters. The highest BCUT2D eigenvalue weighted by atomic mass is 16.3. The van der Waals surface area contributed by atoms with Crippen molar-refractivity contribution in [2.24, 2.45) is 0 Å². The van der Waals surface area contributed by atoms with Crippen LogP contribution in [0.2, 0.25) is 0 Å². The Morgan fingerprint density at radius 2 is 1.14 bits per heavy atom. The summed E-state index contributed by atoms with van der Waals surface area (Å²) in [6, 6.07) is 26.8. The Bertz CT molecular complexity index is 1720. The van der Waals surface area contributed by atoms with Gasteiger partial charge in [0.05, 0.1) is 22.5 Å². The first-order chi connectivity index (χ1) is 17.2. The fraction of sp³-hybridized carbons (Fsp3) is 0. The van der Waals surface area contributed by atoms with Crippen LogP contribution in [0.15, 0.2) is 85.2 Å². The van der Waals surface area contributed by atoms with Gasteiger partial charge in [0, 0.05) is 50.9 Å². The fourth-order valence-corrected chi connectivity index (χ4v) is 4.64. The standard InChI is InChI=1S/C29H17N5O/c30-13-21-27(17-9-11-18(35)12-10-17)22(14-31)29(24-16-33-26-8-4-2-6-20(24)26)34-28(21)23-15-32-25-7-3-1-5-19(23)25/h1-12,15-16,32-33,35H. The summed E-state index contributed by atoms with van der Waals surface area (Å²) in [6.07, 6.45) is 3.69. The van der Waals surface area contributed by atoms with Crippen molar-refractivity contribution in [1.82, 2.24) is 15.0 Å². The maximum Gasteiger partial charge on any atom is 0.115 e. The Hall–Kier alpha value is -5.33. The number of H-pyrrole nitrogens is 2. The number of aromatic nitrogens is 3. The maximum atomic E-state index is 10.3. The number of nitriles is 2. The third-order valence-electron chi connectivity index (χ3n) is 6.27. The molecule has 0 aliphatic rings. The fourth-order valence-electron chi connectivity index (χ4n) is 4.64. The summed E-state index contributed by atoms with van der Waals surface area (Å²) in [5.41, 5.74) is 6.16. The van der Waals surface area contributed by atoms with Gasteiger partial charge in [0.1, 0.15) is 17.9 Å². The SMILES string of the molecule is N#Cc1c(-c2c[nH]c3ccccc23)nc(-c2c[nH]c3ccccc23)c(C#N)c1-c1ccc(O)cc1. The van der Waals surface area contributed by atoms with Gasteiger partial charge in [-0.05, 0) is 29.8 Å². The number of para-hydroxylation sites is 2. The third kappa shape index (κ3) is 3.13. The third-order valence-corrected chi connectivity index (χ3v) is 6.27. The minimum Gasteiger partial charge on any atom is -0.508 e. The van der Waals surface area contributed by atoms with Crippen LogP contribution in [-0.2, 0) is 0 Å². The highest BCUT2D eigenvalue weighted by molar-refractivity contribution is 6.02. The van der Waals surface area contributed by atoms with Crippen LogP contribution in [0.1, 0.15) is 11.1 Å². The van der Waals surface area contributed by atoms with Gasteiger partial charge in [-0.2, -0.15) is 10.5 Å². The van der Waals surface area contributed by atoms with Gasteiger partial charge in [-0.3, -0.25) is 0 Å². The molecule has 3 heterocycles. The van der Waals surface area contributed by atoms with Gasteiger partial charge >= 0.3 is 0 Å². The van der Waals surface area contributed by atoms with Crippen molar-refractivity contribution in [2.45, 2.75) is 0 Å². The normalized spacial score (nSPS) is 10.9. The lowest BCUT2D eigenvalue weighted by Gasteiger charge is -2.15. The Morgan fingerprint density at radius 1 is 0.657 bits per heavy atom. The zero-order chi connectivity index (χ0) is 23.9. The summed E-state index contributed by atoms with van der Waals surface area (Å²) in [5.74, 6) is 0.105. The lowest BCUT2D eigenvalue weighted by atomic mass is 9.89. The first-order valence-electron chi connectivity index (χ1n) is 11.0. The van der Waals surface area contributed by atoms with E-state index in [-0.39, 0.29) is 5.75 Å². The number of phenolic OH excluding ortho intramolecular Hbond substituents is 1. The van der Waals surface area contributed by atoms with Crippen molar-refractivity contribution >= 4 is 21.8 Å². The van der Waals surface area contributed by atoms with E-state index in [1.165, 1.54) is 0 Å². The number of nitrogens with one attached hydrogen (secondary N) is 2. The molecular formula is C29H17N5O. The van der Waals surface area contributed by atoms with Gasteiger partial charge in [-0.15, -0.1) is 0 Å². The van der Waals surface area contributed by atoms with E-state index in [0.717, 1.165) is 32.9 Å². The number of fused-ring (bicyclic) bond motifs is 2.